The average Bonchev–Trinajstić information content (AvgIpc) is 2.49. The third-order valence-electron chi connectivity index (χ3n) is 16.3. The van der Waals surface area contributed by atoms with Crippen molar-refractivity contribution in [1.82, 2.24) is 5.32 Å². The van der Waals surface area contributed by atoms with Crippen LogP contribution in [0.15, 0.2) is 85.1 Å². The zero-order valence-corrected chi connectivity index (χ0v) is 54.7. The van der Waals surface area contributed by atoms with Crippen LogP contribution in [0, 0.1) is 0 Å². The summed E-state index contributed by atoms with van der Waals surface area (Å²) in [4.78, 5) is 26.7. The van der Waals surface area contributed by atoms with Crippen LogP contribution in [0.4, 0.5) is 0 Å². The van der Waals surface area contributed by atoms with Gasteiger partial charge in [0.1, 0.15) is 24.4 Å². The van der Waals surface area contributed by atoms with Crippen LogP contribution in [-0.4, -0.2) is 99.6 Å². The van der Waals surface area contributed by atoms with E-state index in [1.165, 1.54) is 148 Å². The van der Waals surface area contributed by atoms with Gasteiger partial charge in [-0.3, -0.25) is 9.59 Å². The fourth-order valence-corrected chi connectivity index (χ4v) is 10.7. The Bertz CT molecular complexity index is 1710. The lowest BCUT2D eigenvalue weighted by molar-refractivity contribution is -0.305. The Balaban J connectivity index is 2.62. The van der Waals surface area contributed by atoms with E-state index in [9.17, 15) is 35.1 Å². The molecule has 11 nitrogen and oxygen atoms in total. The van der Waals surface area contributed by atoms with Crippen molar-refractivity contribution in [2.45, 2.75) is 359 Å². The fraction of sp³-hybridized carbons (Fsp3) is 0.784. The number of aliphatic hydroxyl groups excluding tert-OH is 5. The standard InChI is InChI=1S/C74H131NO10/c1-4-7-10-13-16-19-22-25-27-29-31-33-34-35-37-39-41-44-47-50-53-56-59-62-69(79)85-72-71(81)70(80)68(63-76)84-74(72)83-64-65(66(77)60-57-54-51-48-45-42-24-21-18-15-12-9-6-3)75-73(82)67(78)61-58-55-52-49-46-43-40-38-36-32-30-28-26-23-20-17-14-11-8-5-2/h16-17,19-20,25-28,31,33,35,37,57,60,65-68,70-72,74,76-78,80-81H,4-15,18,21-24,29-30,32,34,36,38-56,58-59,61-64H2,1-3H3,(H,75,82)/b19-16-,20-17-,27-25-,28-26-,33-31-,37-35-,60-57+. The first-order valence-corrected chi connectivity index (χ1v) is 35.4. The van der Waals surface area contributed by atoms with Gasteiger partial charge in [0, 0.05) is 6.42 Å². The SMILES string of the molecule is CCCCC/C=C\C/C=C\C/C=C\C/C=C\CCCCCCCCCC(=O)OC1C(OCC(NC(=O)C(O)CCCCCCCCCCCC/C=C\C/C=C\CCCCC)C(O)/C=C/CCCCCCCCCCCCC)OC(CO)C(O)C1O. The number of aliphatic hydroxyl groups is 5. The van der Waals surface area contributed by atoms with E-state index in [4.69, 9.17) is 14.2 Å². The van der Waals surface area contributed by atoms with Crippen LogP contribution < -0.4 is 5.32 Å². The van der Waals surface area contributed by atoms with Gasteiger partial charge in [0.2, 0.25) is 5.91 Å². The minimum Gasteiger partial charge on any atom is -0.454 e. The molecule has 8 unspecified atom stereocenters. The maximum Gasteiger partial charge on any atom is 0.306 e. The Labute approximate surface area is 521 Å². The highest BCUT2D eigenvalue weighted by Crippen LogP contribution is 2.26. The lowest BCUT2D eigenvalue weighted by Crippen LogP contribution is -2.61. The second kappa shape index (κ2) is 61.1. The van der Waals surface area contributed by atoms with Crippen LogP contribution in [0.25, 0.3) is 0 Å². The van der Waals surface area contributed by atoms with Crippen molar-refractivity contribution in [3.8, 4) is 0 Å². The molecule has 1 aliphatic heterocycles. The van der Waals surface area contributed by atoms with Gasteiger partial charge in [-0.1, -0.05) is 286 Å². The third kappa shape index (κ3) is 48.4. The van der Waals surface area contributed by atoms with Gasteiger partial charge in [-0.05, 0) is 103 Å². The smallest absolute Gasteiger partial charge is 0.306 e. The molecular formula is C74H131NO10. The quantitative estimate of drug-likeness (QED) is 0.0195. The van der Waals surface area contributed by atoms with E-state index in [0.29, 0.717) is 12.8 Å². The Morgan fingerprint density at radius 1 is 0.459 bits per heavy atom. The highest BCUT2D eigenvalue weighted by atomic mass is 16.7. The second-order valence-electron chi connectivity index (χ2n) is 24.3. The van der Waals surface area contributed by atoms with E-state index in [-0.39, 0.29) is 19.4 Å². The number of hydrogen-bond acceptors (Lipinski definition) is 10. The summed E-state index contributed by atoms with van der Waals surface area (Å²) >= 11 is 0. The third-order valence-corrected chi connectivity index (χ3v) is 16.3. The molecule has 1 amide bonds. The van der Waals surface area contributed by atoms with E-state index in [1.54, 1.807) is 6.08 Å². The van der Waals surface area contributed by atoms with E-state index in [0.717, 1.165) is 116 Å². The predicted octanol–water partition coefficient (Wildman–Crippen LogP) is 18.1. The van der Waals surface area contributed by atoms with Crippen molar-refractivity contribution in [2.24, 2.45) is 0 Å². The van der Waals surface area contributed by atoms with Crippen molar-refractivity contribution in [1.29, 1.82) is 0 Å². The molecule has 6 N–H and O–H groups in total. The number of esters is 1. The summed E-state index contributed by atoms with van der Waals surface area (Å²) in [6.45, 7) is 5.76. The maximum absolute atomic E-state index is 13.5. The molecule has 0 aromatic rings. The number of rotatable bonds is 60. The molecule has 0 aliphatic carbocycles. The highest BCUT2D eigenvalue weighted by molar-refractivity contribution is 5.80. The summed E-state index contributed by atoms with van der Waals surface area (Å²) in [6, 6.07) is -1.03. The van der Waals surface area contributed by atoms with Crippen LogP contribution >= 0.6 is 0 Å². The Morgan fingerprint density at radius 3 is 1.24 bits per heavy atom. The molecule has 1 saturated heterocycles. The van der Waals surface area contributed by atoms with Crippen LogP contribution in [0.5, 0.6) is 0 Å². The molecule has 85 heavy (non-hydrogen) atoms. The molecule has 0 bridgehead atoms. The average molecular weight is 1190 g/mol. The minimum absolute atomic E-state index is 0.108. The molecule has 0 aromatic heterocycles. The first kappa shape index (κ1) is 79.9. The molecular weight excluding hydrogens is 1060 g/mol. The topological polar surface area (TPSA) is 175 Å². The van der Waals surface area contributed by atoms with Crippen LogP contribution in [0.2, 0.25) is 0 Å². The summed E-state index contributed by atoms with van der Waals surface area (Å²) < 4.78 is 17.7. The lowest BCUT2D eigenvalue weighted by Gasteiger charge is -2.41. The molecule has 492 valence electrons. The molecule has 1 rings (SSSR count). The summed E-state index contributed by atoms with van der Waals surface area (Å²) in [5.41, 5.74) is 0. The zero-order chi connectivity index (χ0) is 61.7. The van der Waals surface area contributed by atoms with Gasteiger partial charge in [0.05, 0.1) is 25.4 Å². The largest absolute Gasteiger partial charge is 0.454 e. The van der Waals surface area contributed by atoms with Crippen LogP contribution in [-0.2, 0) is 23.8 Å². The summed E-state index contributed by atoms with van der Waals surface area (Å²) in [7, 11) is 0. The number of unbranched alkanes of at least 4 members (excludes halogenated alkanes) is 34. The fourth-order valence-electron chi connectivity index (χ4n) is 10.7. The summed E-state index contributed by atoms with van der Waals surface area (Å²) in [6.07, 6.45) is 70.3. The molecule has 0 radical (unpaired) electrons. The Morgan fingerprint density at radius 2 is 0.812 bits per heavy atom. The molecule has 8 atom stereocenters. The maximum atomic E-state index is 13.5. The van der Waals surface area contributed by atoms with Gasteiger partial charge in [-0.15, -0.1) is 0 Å². The van der Waals surface area contributed by atoms with Gasteiger partial charge in [0.15, 0.2) is 12.4 Å². The van der Waals surface area contributed by atoms with Gasteiger partial charge in [0.25, 0.3) is 0 Å². The number of carbonyl (C=O) groups excluding carboxylic acids is 2. The molecule has 0 aromatic carbocycles. The van der Waals surface area contributed by atoms with E-state index in [1.807, 2.05) is 6.08 Å². The van der Waals surface area contributed by atoms with Gasteiger partial charge >= 0.3 is 5.97 Å². The number of carbonyl (C=O) groups is 2. The van der Waals surface area contributed by atoms with Crippen molar-refractivity contribution in [3.63, 3.8) is 0 Å². The van der Waals surface area contributed by atoms with Crippen molar-refractivity contribution in [3.05, 3.63) is 85.1 Å². The summed E-state index contributed by atoms with van der Waals surface area (Å²) in [5.74, 6) is -1.20. The molecule has 0 saturated carbocycles. The number of nitrogens with one attached hydrogen (secondary N) is 1. The number of ether oxygens (including phenoxy) is 3. The van der Waals surface area contributed by atoms with Crippen molar-refractivity contribution >= 4 is 11.9 Å². The number of amides is 1. The highest BCUT2D eigenvalue weighted by Gasteiger charge is 2.47. The van der Waals surface area contributed by atoms with E-state index < -0.39 is 67.4 Å². The van der Waals surface area contributed by atoms with Crippen LogP contribution in [0.3, 0.4) is 0 Å². The molecule has 1 aliphatic rings. The number of allylic oxidation sites excluding steroid dienone is 13. The second-order valence-corrected chi connectivity index (χ2v) is 24.3. The summed E-state index contributed by atoms with van der Waals surface area (Å²) in [5, 5.41) is 57.3. The molecule has 11 heteroatoms. The van der Waals surface area contributed by atoms with Gasteiger partial charge in [-0.25, -0.2) is 0 Å². The lowest BCUT2D eigenvalue weighted by atomic mass is 9.99. The minimum atomic E-state index is -1.62. The monoisotopic (exact) mass is 1190 g/mol. The number of hydrogen-bond donors (Lipinski definition) is 6. The molecule has 1 fully saturated rings. The van der Waals surface area contributed by atoms with Gasteiger partial charge < -0.3 is 45.1 Å². The van der Waals surface area contributed by atoms with Crippen LogP contribution in [0.1, 0.15) is 310 Å². The normalized spacial score (nSPS) is 18.9. The first-order valence-electron chi connectivity index (χ1n) is 35.4. The van der Waals surface area contributed by atoms with E-state index >= 15 is 0 Å². The molecule has 1 heterocycles. The first-order chi connectivity index (χ1) is 41.7. The zero-order valence-electron chi connectivity index (χ0n) is 54.7. The van der Waals surface area contributed by atoms with Crippen molar-refractivity contribution < 1.29 is 49.3 Å². The van der Waals surface area contributed by atoms with Gasteiger partial charge in [-0.2, -0.15) is 0 Å². The predicted molar refractivity (Wildman–Crippen MR) is 356 cm³/mol. The van der Waals surface area contributed by atoms with Crippen molar-refractivity contribution in [2.75, 3.05) is 13.2 Å². The molecule has 0 spiro atoms. The van der Waals surface area contributed by atoms with E-state index in [2.05, 4.69) is 99.0 Å². The Hall–Kier alpha value is -3.16. The Kier molecular flexibility index (Phi) is 57.4.